The number of rotatable bonds is 5. The van der Waals surface area contributed by atoms with E-state index in [1.165, 1.54) is 12.8 Å². The lowest BCUT2D eigenvalue weighted by Crippen LogP contribution is -2.38. The van der Waals surface area contributed by atoms with Crippen LogP contribution in [0.3, 0.4) is 0 Å². The summed E-state index contributed by atoms with van der Waals surface area (Å²) in [5.74, 6) is 0.404. The van der Waals surface area contributed by atoms with Gasteiger partial charge in [-0.1, -0.05) is 13.0 Å². The Hall–Kier alpha value is -1.22. The van der Waals surface area contributed by atoms with Crippen LogP contribution in [0.25, 0.3) is 0 Å². The highest BCUT2D eigenvalue weighted by Crippen LogP contribution is 2.36. The van der Waals surface area contributed by atoms with Crippen molar-refractivity contribution in [1.29, 1.82) is 0 Å². The molecule has 20 heavy (non-hydrogen) atoms. The Bertz CT molecular complexity index is 456. The van der Waals surface area contributed by atoms with E-state index in [-0.39, 0.29) is 11.6 Å². The molecule has 3 heteroatoms. The van der Waals surface area contributed by atoms with Gasteiger partial charge in [-0.25, -0.2) is 0 Å². The lowest BCUT2D eigenvalue weighted by atomic mass is 10.0. The highest BCUT2D eigenvalue weighted by molar-refractivity contribution is 5.56. The molecule has 3 nitrogen and oxygen atoms in total. The SMILES string of the molecule is CCCNC(C)c1ccc(N2CCCC2(C)C)cc1O. The normalized spacial score (nSPS) is 19.3. The van der Waals surface area contributed by atoms with Gasteiger partial charge in [-0.05, 0) is 52.6 Å². The number of benzene rings is 1. The first-order valence-corrected chi connectivity index (χ1v) is 7.79. The summed E-state index contributed by atoms with van der Waals surface area (Å²) in [5.41, 5.74) is 2.32. The van der Waals surface area contributed by atoms with E-state index in [1.807, 2.05) is 6.07 Å². The summed E-state index contributed by atoms with van der Waals surface area (Å²) in [6.45, 7) is 10.9. The van der Waals surface area contributed by atoms with Crippen LogP contribution in [0.5, 0.6) is 5.75 Å². The molecule has 1 atom stereocenters. The van der Waals surface area contributed by atoms with E-state index < -0.39 is 0 Å². The Kier molecular flexibility index (Phi) is 4.59. The second-order valence-corrected chi connectivity index (χ2v) is 6.49. The summed E-state index contributed by atoms with van der Waals surface area (Å²) in [7, 11) is 0. The third-order valence-electron chi connectivity index (χ3n) is 4.39. The molecular formula is C17H28N2O. The lowest BCUT2D eigenvalue weighted by Gasteiger charge is -2.34. The van der Waals surface area contributed by atoms with E-state index in [9.17, 15) is 5.11 Å². The van der Waals surface area contributed by atoms with Gasteiger partial charge in [0.15, 0.2) is 0 Å². The molecule has 1 unspecified atom stereocenters. The van der Waals surface area contributed by atoms with Crippen molar-refractivity contribution in [2.24, 2.45) is 0 Å². The molecule has 112 valence electrons. The van der Waals surface area contributed by atoms with Gasteiger partial charge >= 0.3 is 0 Å². The minimum atomic E-state index is 0.190. The Morgan fingerprint density at radius 2 is 2.15 bits per heavy atom. The van der Waals surface area contributed by atoms with Crippen LogP contribution in [0, 0.1) is 0 Å². The molecule has 1 fully saturated rings. The fourth-order valence-corrected chi connectivity index (χ4v) is 3.12. The van der Waals surface area contributed by atoms with Crippen LogP contribution in [-0.4, -0.2) is 23.7 Å². The van der Waals surface area contributed by atoms with Gasteiger partial charge in [-0.15, -0.1) is 0 Å². The molecule has 1 aliphatic rings. The van der Waals surface area contributed by atoms with Crippen molar-refractivity contribution in [3.8, 4) is 5.75 Å². The van der Waals surface area contributed by atoms with E-state index in [4.69, 9.17) is 0 Å². The molecule has 1 aromatic rings. The summed E-state index contributed by atoms with van der Waals surface area (Å²) in [4.78, 5) is 2.40. The predicted molar refractivity (Wildman–Crippen MR) is 85.5 cm³/mol. The molecule has 1 heterocycles. The Morgan fingerprint density at radius 3 is 2.70 bits per heavy atom. The van der Waals surface area contributed by atoms with Crippen molar-refractivity contribution in [1.82, 2.24) is 5.32 Å². The van der Waals surface area contributed by atoms with Gasteiger partial charge < -0.3 is 15.3 Å². The maximum absolute atomic E-state index is 10.3. The second kappa shape index (κ2) is 6.04. The summed E-state index contributed by atoms with van der Waals surface area (Å²) < 4.78 is 0. The molecule has 0 aromatic heterocycles. The van der Waals surface area contributed by atoms with E-state index in [1.54, 1.807) is 0 Å². The maximum atomic E-state index is 10.3. The zero-order valence-corrected chi connectivity index (χ0v) is 13.2. The van der Waals surface area contributed by atoms with Crippen LogP contribution < -0.4 is 10.2 Å². The summed E-state index contributed by atoms with van der Waals surface area (Å²) in [5, 5.41) is 13.7. The molecule has 0 saturated carbocycles. The number of nitrogens with zero attached hydrogens (tertiary/aromatic N) is 1. The molecular weight excluding hydrogens is 248 g/mol. The van der Waals surface area contributed by atoms with Crippen molar-refractivity contribution in [2.75, 3.05) is 18.0 Å². The predicted octanol–water partition coefficient (Wildman–Crippen LogP) is 3.83. The van der Waals surface area contributed by atoms with E-state index in [2.05, 4.69) is 50.0 Å². The third-order valence-corrected chi connectivity index (χ3v) is 4.39. The molecule has 0 radical (unpaired) electrons. The number of phenols is 1. The van der Waals surface area contributed by atoms with Crippen LogP contribution in [-0.2, 0) is 0 Å². The van der Waals surface area contributed by atoms with Gasteiger partial charge in [-0.3, -0.25) is 0 Å². The van der Waals surface area contributed by atoms with Gasteiger partial charge in [0.2, 0.25) is 0 Å². The smallest absolute Gasteiger partial charge is 0.122 e. The molecule has 0 spiro atoms. The highest BCUT2D eigenvalue weighted by atomic mass is 16.3. The zero-order valence-electron chi connectivity index (χ0n) is 13.2. The average molecular weight is 276 g/mol. The van der Waals surface area contributed by atoms with Gasteiger partial charge in [0, 0.05) is 35.4 Å². The molecule has 1 aromatic carbocycles. The van der Waals surface area contributed by atoms with E-state index >= 15 is 0 Å². The lowest BCUT2D eigenvalue weighted by molar-refractivity contribution is 0.451. The van der Waals surface area contributed by atoms with Crippen LogP contribution in [0.4, 0.5) is 5.69 Å². The van der Waals surface area contributed by atoms with Crippen LogP contribution in [0.15, 0.2) is 18.2 Å². The molecule has 1 aliphatic heterocycles. The van der Waals surface area contributed by atoms with Crippen LogP contribution in [0.1, 0.15) is 58.6 Å². The van der Waals surface area contributed by atoms with E-state index in [0.717, 1.165) is 30.8 Å². The first-order chi connectivity index (χ1) is 9.45. The van der Waals surface area contributed by atoms with Gasteiger partial charge in [0.05, 0.1) is 0 Å². The minimum Gasteiger partial charge on any atom is -0.508 e. The van der Waals surface area contributed by atoms with Crippen molar-refractivity contribution >= 4 is 5.69 Å². The van der Waals surface area contributed by atoms with Gasteiger partial charge in [-0.2, -0.15) is 0 Å². The van der Waals surface area contributed by atoms with Crippen molar-refractivity contribution in [3.63, 3.8) is 0 Å². The number of anilines is 1. The fourth-order valence-electron chi connectivity index (χ4n) is 3.12. The van der Waals surface area contributed by atoms with Crippen LogP contribution in [0.2, 0.25) is 0 Å². The quantitative estimate of drug-likeness (QED) is 0.858. The monoisotopic (exact) mass is 276 g/mol. The molecule has 2 rings (SSSR count). The summed E-state index contributed by atoms with van der Waals surface area (Å²) in [6.07, 6.45) is 3.54. The molecule has 0 amide bonds. The topological polar surface area (TPSA) is 35.5 Å². The average Bonchev–Trinajstić information content (AvgIpc) is 2.75. The fraction of sp³-hybridized carbons (Fsp3) is 0.647. The standard InChI is InChI=1S/C17H28N2O/c1-5-10-18-13(2)15-8-7-14(12-16(15)20)19-11-6-9-17(19,3)4/h7-8,12-13,18,20H,5-6,9-11H2,1-4H3. The molecule has 2 N–H and O–H groups in total. The van der Waals surface area contributed by atoms with Crippen molar-refractivity contribution < 1.29 is 5.11 Å². The molecule has 0 aliphatic carbocycles. The Balaban J connectivity index is 2.17. The van der Waals surface area contributed by atoms with Gasteiger partial charge in [0.1, 0.15) is 5.75 Å². The summed E-state index contributed by atoms with van der Waals surface area (Å²) in [6, 6.07) is 6.32. The number of phenolic OH excluding ortho intramolecular Hbond substituents is 1. The van der Waals surface area contributed by atoms with Crippen molar-refractivity contribution in [3.05, 3.63) is 23.8 Å². The largest absolute Gasteiger partial charge is 0.508 e. The Labute approximate surface area is 123 Å². The zero-order chi connectivity index (χ0) is 14.8. The summed E-state index contributed by atoms with van der Waals surface area (Å²) >= 11 is 0. The number of hydrogen-bond donors (Lipinski definition) is 2. The molecule has 0 bridgehead atoms. The Morgan fingerprint density at radius 1 is 1.40 bits per heavy atom. The minimum absolute atomic E-state index is 0.190. The van der Waals surface area contributed by atoms with Gasteiger partial charge in [0.25, 0.3) is 0 Å². The molecule has 1 saturated heterocycles. The first kappa shape index (κ1) is 15.2. The number of hydrogen-bond acceptors (Lipinski definition) is 3. The number of aromatic hydroxyl groups is 1. The third kappa shape index (κ3) is 3.09. The first-order valence-electron chi connectivity index (χ1n) is 7.79. The maximum Gasteiger partial charge on any atom is 0.122 e. The van der Waals surface area contributed by atoms with Crippen molar-refractivity contribution in [2.45, 2.75) is 58.5 Å². The second-order valence-electron chi connectivity index (χ2n) is 6.49. The van der Waals surface area contributed by atoms with E-state index in [0.29, 0.717) is 5.75 Å². The highest BCUT2D eigenvalue weighted by Gasteiger charge is 2.32. The number of nitrogens with one attached hydrogen (secondary N) is 1. The van der Waals surface area contributed by atoms with Crippen LogP contribution >= 0.6 is 0 Å².